The molecule has 1 saturated carbocycles. The molecule has 0 saturated heterocycles. The van der Waals surface area contributed by atoms with E-state index >= 15 is 0 Å². The summed E-state index contributed by atoms with van der Waals surface area (Å²) in [6, 6.07) is 16.9. The molecule has 4 atom stereocenters. The predicted octanol–water partition coefficient (Wildman–Crippen LogP) is 2.89. The van der Waals surface area contributed by atoms with Crippen LogP contribution in [-0.2, 0) is 14.8 Å². The second kappa shape index (κ2) is 7.74. The number of para-hydroxylation sites is 1. The molecular weight excluding hydrogens is 430 g/mol. The van der Waals surface area contributed by atoms with Crippen molar-refractivity contribution in [3.8, 4) is 5.75 Å². The van der Waals surface area contributed by atoms with Crippen LogP contribution in [0.15, 0.2) is 71.6 Å². The Morgan fingerprint density at radius 1 is 1.06 bits per heavy atom. The van der Waals surface area contributed by atoms with Crippen molar-refractivity contribution < 1.29 is 28.2 Å². The van der Waals surface area contributed by atoms with Crippen molar-refractivity contribution in [2.24, 2.45) is 0 Å². The van der Waals surface area contributed by atoms with Crippen LogP contribution in [0.3, 0.4) is 0 Å². The average molecular weight is 452 g/mol. The number of nitrogens with one attached hydrogen (secondary N) is 1. The van der Waals surface area contributed by atoms with Gasteiger partial charge in [-0.3, -0.25) is 0 Å². The second-order valence-electron chi connectivity index (χ2n) is 8.05. The number of aliphatic hydroxyl groups excluding tert-OH is 1. The van der Waals surface area contributed by atoms with Gasteiger partial charge in [0.25, 0.3) is 0 Å². The maximum Gasteiger partial charge on any atom is 0.328 e. The van der Waals surface area contributed by atoms with E-state index in [0.29, 0.717) is 16.7 Å². The Labute approximate surface area is 185 Å². The monoisotopic (exact) mass is 451 g/mol. The van der Waals surface area contributed by atoms with Crippen molar-refractivity contribution in [1.29, 1.82) is 0 Å². The van der Waals surface area contributed by atoms with Crippen LogP contribution in [0.4, 0.5) is 0 Å². The summed E-state index contributed by atoms with van der Waals surface area (Å²) >= 11 is 0. The van der Waals surface area contributed by atoms with E-state index in [9.17, 15) is 18.3 Å². The first-order chi connectivity index (χ1) is 15.3. The van der Waals surface area contributed by atoms with E-state index in [1.165, 1.54) is 6.08 Å². The molecule has 164 valence electrons. The van der Waals surface area contributed by atoms with E-state index in [1.807, 2.05) is 24.3 Å². The highest BCUT2D eigenvalue weighted by Crippen LogP contribution is 2.49. The van der Waals surface area contributed by atoms with Gasteiger partial charge in [-0.1, -0.05) is 54.6 Å². The molecule has 0 bridgehead atoms. The summed E-state index contributed by atoms with van der Waals surface area (Å²) in [6.07, 6.45) is 1.43. The molecule has 1 aliphatic carbocycles. The van der Waals surface area contributed by atoms with Gasteiger partial charge in [0.1, 0.15) is 11.9 Å². The average Bonchev–Trinajstić information content (AvgIpc) is 3.27. The van der Waals surface area contributed by atoms with Crippen molar-refractivity contribution in [3.63, 3.8) is 0 Å². The first-order valence-electron chi connectivity index (χ1n) is 10.2. The Hall–Kier alpha value is -3.20. The third-order valence-corrected chi connectivity index (χ3v) is 7.63. The molecule has 0 aromatic heterocycles. The minimum absolute atomic E-state index is 0.156. The lowest BCUT2D eigenvalue weighted by Crippen LogP contribution is -2.43. The minimum atomic E-state index is -3.93. The van der Waals surface area contributed by atoms with Crippen LogP contribution in [0.1, 0.15) is 23.5 Å². The zero-order chi connectivity index (χ0) is 22.5. The molecule has 0 radical (unpaired) electrons. The van der Waals surface area contributed by atoms with Gasteiger partial charge in [0.15, 0.2) is 0 Å². The lowest BCUT2D eigenvalue weighted by molar-refractivity contribution is -0.131. The normalized spacial score (nSPS) is 24.4. The molecule has 32 heavy (non-hydrogen) atoms. The fourth-order valence-corrected chi connectivity index (χ4v) is 6.28. The molecule has 4 unspecified atom stereocenters. The number of carbonyl (C=O) groups is 1. The quantitative estimate of drug-likeness (QED) is 0.514. The first-order valence-corrected chi connectivity index (χ1v) is 11.7. The van der Waals surface area contributed by atoms with Crippen LogP contribution < -0.4 is 9.46 Å². The number of carboxylic acid groups (broad SMARTS) is 1. The summed E-state index contributed by atoms with van der Waals surface area (Å²) in [6.45, 7) is 0. The third-order valence-electron chi connectivity index (χ3n) is 6.12. The molecule has 0 amide bonds. The summed E-state index contributed by atoms with van der Waals surface area (Å²) in [5.41, 5.74) is 1.36. The predicted molar refractivity (Wildman–Crippen MR) is 119 cm³/mol. The van der Waals surface area contributed by atoms with Crippen molar-refractivity contribution in [1.82, 2.24) is 4.72 Å². The largest absolute Gasteiger partial charge is 0.489 e. The summed E-state index contributed by atoms with van der Waals surface area (Å²) in [7, 11) is -3.93. The molecule has 8 heteroatoms. The van der Waals surface area contributed by atoms with Crippen LogP contribution in [0, 0.1) is 0 Å². The number of aliphatic hydroxyl groups is 1. The van der Waals surface area contributed by atoms with Gasteiger partial charge >= 0.3 is 5.97 Å². The number of ether oxygens (including phenoxy) is 1. The van der Waals surface area contributed by atoms with Gasteiger partial charge < -0.3 is 14.9 Å². The molecule has 3 N–H and O–H groups in total. The maximum absolute atomic E-state index is 13.4. The molecule has 0 spiro atoms. The van der Waals surface area contributed by atoms with Gasteiger partial charge in [0, 0.05) is 34.9 Å². The summed E-state index contributed by atoms with van der Waals surface area (Å²) < 4.78 is 35.5. The Bertz CT molecular complexity index is 1340. The standard InChI is InChI=1S/C24H21NO6S/c26-18-13-19-22(17-9-3-7-15(24(17)31-19)11-12-21(27)28)23(18)25-32(29,30)20-10-4-6-14-5-1-2-8-16(14)20/h1-12,18-19,22-23,25-26H,13H2,(H,27,28). The number of sulfonamides is 1. The topological polar surface area (TPSA) is 113 Å². The molecule has 3 aromatic rings. The SMILES string of the molecule is O=C(O)C=Cc1cccc2c1OC1CC(O)C(NS(=O)(=O)c3cccc4ccccc34)C21. The molecule has 5 rings (SSSR count). The zero-order valence-electron chi connectivity index (χ0n) is 16.9. The minimum Gasteiger partial charge on any atom is -0.489 e. The highest BCUT2D eigenvalue weighted by Gasteiger charge is 2.51. The Balaban J connectivity index is 1.51. The van der Waals surface area contributed by atoms with Gasteiger partial charge in [-0.2, -0.15) is 0 Å². The number of fused-ring (bicyclic) bond motifs is 4. The van der Waals surface area contributed by atoms with Crippen LogP contribution in [0.2, 0.25) is 0 Å². The Kier molecular flexibility index (Phi) is 5.00. The zero-order valence-corrected chi connectivity index (χ0v) is 17.7. The maximum atomic E-state index is 13.4. The van der Waals surface area contributed by atoms with Gasteiger partial charge in [0.2, 0.25) is 10.0 Å². The van der Waals surface area contributed by atoms with E-state index in [0.717, 1.165) is 17.0 Å². The second-order valence-corrected chi connectivity index (χ2v) is 9.73. The lowest BCUT2D eigenvalue weighted by atomic mass is 9.93. The van der Waals surface area contributed by atoms with Crippen LogP contribution in [-0.4, -0.2) is 42.8 Å². The van der Waals surface area contributed by atoms with Gasteiger partial charge in [-0.15, -0.1) is 0 Å². The van der Waals surface area contributed by atoms with E-state index < -0.39 is 34.2 Å². The summed E-state index contributed by atoms with van der Waals surface area (Å²) in [5.74, 6) is -0.930. The van der Waals surface area contributed by atoms with Gasteiger partial charge in [0.05, 0.1) is 17.0 Å². The highest BCUT2D eigenvalue weighted by atomic mass is 32.2. The molecular formula is C24H21NO6S. The smallest absolute Gasteiger partial charge is 0.328 e. The summed E-state index contributed by atoms with van der Waals surface area (Å²) in [4.78, 5) is 11.1. The van der Waals surface area contributed by atoms with E-state index in [4.69, 9.17) is 9.84 Å². The Morgan fingerprint density at radius 2 is 1.81 bits per heavy atom. The first kappa shape index (κ1) is 20.7. The molecule has 1 aliphatic heterocycles. The van der Waals surface area contributed by atoms with Crippen molar-refractivity contribution in [3.05, 3.63) is 77.9 Å². The number of carboxylic acids is 1. The van der Waals surface area contributed by atoms with Crippen LogP contribution in [0.5, 0.6) is 5.75 Å². The van der Waals surface area contributed by atoms with Crippen molar-refractivity contribution in [2.45, 2.75) is 35.5 Å². The fraction of sp³-hybridized carbons (Fsp3) is 0.208. The van der Waals surface area contributed by atoms with Crippen LogP contribution >= 0.6 is 0 Å². The summed E-state index contributed by atoms with van der Waals surface area (Å²) in [5, 5.41) is 21.0. The van der Waals surface area contributed by atoms with Crippen molar-refractivity contribution >= 4 is 32.8 Å². The molecule has 1 fully saturated rings. The molecule has 2 aliphatic rings. The fourth-order valence-electron chi connectivity index (χ4n) is 4.76. The van der Waals surface area contributed by atoms with E-state index in [2.05, 4.69) is 4.72 Å². The highest BCUT2D eigenvalue weighted by molar-refractivity contribution is 7.89. The Morgan fingerprint density at radius 3 is 2.62 bits per heavy atom. The van der Waals surface area contributed by atoms with E-state index in [1.54, 1.807) is 36.4 Å². The number of hydrogen-bond acceptors (Lipinski definition) is 5. The van der Waals surface area contributed by atoms with Gasteiger partial charge in [-0.05, 0) is 17.5 Å². The van der Waals surface area contributed by atoms with Gasteiger partial charge in [-0.25, -0.2) is 17.9 Å². The van der Waals surface area contributed by atoms with Crippen molar-refractivity contribution in [2.75, 3.05) is 0 Å². The molecule has 1 heterocycles. The number of benzene rings is 3. The van der Waals surface area contributed by atoms with Crippen LogP contribution in [0.25, 0.3) is 16.8 Å². The van der Waals surface area contributed by atoms with E-state index in [-0.39, 0.29) is 17.2 Å². The molecule has 7 nitrogen and oxygen atoms in total. The molecule has 3 aromatic carbocycles. The lowest BCUT2D eigenvalue weighted by Gasteiger charge is -2.22. The number of rotatable bonds is 5. The number of aliphatic carboxylic acids is 1. The third kappa shape index (κ3) is 3.46. The number of hydrogen-bond donors (Lipinski definition) is 3.